The Labute approximate surface area is 124 Å². The number of hydrogen-bond acceptors (Lipinski definition) is 4. The maximum absolute atomic E-state index is 12.8. The molecule has 5 nitrogen and oxygen atoms in total. The molecule has 0 saturated heterocycles. The minimum Gasteiger partial charge on any atom is -0.388 e. The quantitative estimate of drug-likeness (QED) is 0.671. The number of rotatable bonds is 8. The second-order valence-corrected chi connectivity index (χ2v) is 5.07. The van der Waals surface area contributed by atoms with Crippen LogP contribution in [0.3, 0.4) is 0 Å². The van der Waals surface area contributed by atoms with Gasteiger partial charge in [-0.15, -0.1) is 0 Å². The summed E-state index contributed by atoms with van der Waals surface area (Å²) in [6.07, 6.45) is -0.533. The van der Waals surface area contributed by atoms with Gasteiger partial charge in [0.05, 0.1) is 18.6 Å². The van der Waals surface area contributed by atoms with Crippen LogP contribution in [0.25, 0.3) is 0 Å². The highest BCUT2D eigenvalue weighted by atomic mass is 19.1. The summed E-state index contributed by atoms with van der Waals surface area (Å²) in [6.45, 7) is 2.07. The number of aliphatic hydroxyl groups is 1. The predicted molar refractivity (Wildman–Crippen MR) is 78.0 cm³/mol. The minimum atomic E-state index is -0.756. The fraction of sp³-hybridized carbons (Fsp3) is 0.533. The van der Waals surface area contributed by atoms with Crippen LogP contribution in [0.4, 0.5) is 4.39 Å². The molecule has 0 bridgehead atoms. The van der Waals surface area contributed by atoms with E-state index in [0.29, 0.717) is 12.0 Å². The van der Waals surface area contributed by atoms with Crippen molar-refractivity contribution in [2.75, 3.05) is 13.7 Å². The average molecular weight is 298 g/mol. The fourth-order valence-electron chi connectivity index (χ4n) is 2.02. The van der Waals surface area contributed by atoms with E-state index in [0.717, 1.165) is 0 Å². The molecule has 0 aliphatic heterocycles. The lowest BCUT2D eigenvalue weighted by Gasteiger charge is -2.19. The van der Waals surface area contributed by atoms with Gasteiger partial charge in [0.25, 0.3) is 0 Å². The molecule has 21 heavy (non-hydrogen) atoms. The molecule has 0 radical (unpaired) electrons. The smallest absolute Gasteiger partial charge is 0.222 e. The number of carbonyl (C=O) groups excluding carboxylic acids is 1. The lowest BCUT2D eigenvalue weighted by Crippen LogP contribution is -2.37. The molecule has 118 valence electrons. The molecule has 0 fully saturated rings. The molecular weight excluding hydrogens is 275 g/mol. The summed E-state index contributed by atoms with van der Waals surface area (Å²) in [5.41, 5.74) is 6.08. The van der Waals surface area contributed by atoms with Crippen LogP contribution >= 0.6 is 0 Å². The normalized spacial score (nSPS) is 15.3. The topological polar surface area (TPSA) is 84.6 Å². The number of nitrogens with one attached hydrogen (secondary N) is 1. The first kappa shape index (κ1) is 17.6. The highest BCUT2D eigenvalue weighted by Crippen LogP contribution is 2.18. The molecule has 1 aromatic rings. The fourth-order valence-corrected chi connectivity index (χ4v) is 2.02. The van der Waals surface area contributed by atoms with Crippen molar-refractivity contribution >= 4 is 5.91 Å². The van der Waals surface area contributed by atoms with Gasteiger partial charge in [-0.05, 0) is 31.0 Å². The average Bonchev–Trinajstić information content (AvgIpc) is 2.45. The lowest BCUT2D eigenvalue weighted by atomic mass is 10.0. The zero-order chi connectivity index (χ0) is 15.8. The standard InChI is InChI=1S/C15H23FN2O3/c1-10(18-15(20)8-13(9-17)21-2)7-14(19)11-3-5-12(16)6-4-11/h3-6,10,13-14,19H,7-9,17H2,1-2H3,(H,18,20). The van der Waals surface area contributed by atoms with Crippen LogP contribution in [0.2, 0.25) is 0 Å². The molecule has 0 saturated carbocycles. The maximum Gasteiger partial charge on any atom is 0.222 e. The summed E-state index contributed by atoms with van der Waals surface area (Å²) in [5.74, 6) is -0.522. The van der Waals surface area contributed by atoms with Gasteiger partial charge in [-0.1, -0.05) is 12.1 Å². The third-order valence-corrected chi connectivity index (χ3v) is 3.25. The molecule has 3 atom stereocenters. The van der Waals surface area contributed by atoms with E-state index < -0.39 is 6.10 Å². The van der Waals surface area contributed by atoms with Crippen molar-refractivity contribution in [2.45, 2.75) is 38.0 Å². The van der Waals surface area contributed by atoms with Gasteiger partial charge in [0.15, 0.2) is 0 Å². The van der Waals surface area contributed by atoms with E-state index in [1.807, 2.05) is 0 Å². The van der Waals surface area contributed by atoms with Gasteiger partial charge in [-0.25, -0.2) is 4.39 Å². The highest BCUT2D eigenvalue weighted by Gasteiger charge is 2.17. The lowest BCUT2D eigenvalue weighted by molar-refractivity contribution is -0.124. The van der Waals surface area contributed by atoms with E-state index in [2.05, 4.69) is 5.32 Å². The number of benzene rings is 1. The first-order valence-corrected chi connectivity index (χ1v) is 6.92. The molecule has 3 unspecified atom stereocenters. The number of amides is 1. The van der Waals surface area contributed by atoms with Gasteiger partial charge in [0.1, 0.15) is 5.82 Å². The Balaban J connectivity index is 2.43. The summed E-state index contributed by atoms with van der Waals surface area (Å²) in [7, 11) is 1.51. The third-order valence-electron chi connectivity index (χ3n) is 3.25. The Bertz CT molecular complexity index is 435. The van der Waals surface area contributed by atoms with Crippen molar-refractivity contribution in [1.29, 1.82) is 0 Å². The summed E-state index contributed by atoms with van der Waals surface area (Å²) >= 11 is 0. The van der Waals surface area contributed by atoms with Crippen LogP contribution < -0.4 is 11.1 Å². The van der Waals surface area contributed by atoms with E-state index in [4.69, 9.17) is 10.5 Å². The van der Waals surface area contributed by atoms with Crippen molar-refractivity contribution in [2.24, 2.45) is 5.73 Å². The summed E-state index contributed by atoms with van der Waals surface area (Å²) in [4.78, 5) is 11.8. The Morgan fingerprint density at radius 3 is 2.57 bits per heavy atom. The van der Waals surface area contributed by atoms with Crippen molar-refractivity contribution in [3.63, 3.8) is 0 Å². The Morgan fingerprint density at radius 1 is 1.43 bits per heavy atom. The van der Waals surface area contributed by atoms with Crippen molar-refractivity contribution < 1.29 is 19.0 Å². The summed E-state index contributed by atoms with van der Waals surface area (Å²) in [5, 5.41) is 12.8. The van der Waals surface area contributed by atoms with Gasteiger partial charge in [-0.3, -0.25) is 4.79 Å². The highest BCUT2D eigenvalue weighted by molar-refractivity contribution is 5.76. The number of methoxy groups -OCH3 is 1. The van der Waals surface area contributed by atoms with Crippen LogP contribution in [-0.2, 0) is 9.53 Å². The van der Waals surface area contributed by atoms with Crippen molar-refractivity contribution in [3.05, 3.63) is 35.6 Å². The third kappa shape index (κ3) is 6.20. The molecule has 0 heterocycles. The van der Waals surface area contributed by atoms with E-state index in [1.54, 1.807) is 6.92 Å². The molecule has 0 aliphatic carbocycles. The number of nitrogens with two attached hydrogens (primary N) is 1. The number of aliphatic hydroxyl groups excluding tert-OH is 1. The van der Waals surface area contributed by atoms with Gasteiger partial charge in [0, 0.05) is 19.7 Å². The van der Waals surface area contributed by atoms with Gasteiger partial charge < -0.3 is 20.9 Å². The van der Waals surface area contributed by atoms with Crippen molar-refractivity contribution in [3.8, 4) is 0 Å². The van der Waals surface area contributed by atoms with Gasteiger partial charge in [-0.2, -0.15) is 0 Å². The van der Waals surface area contributed by atoms with Crippen molar-refractivity contribution in [1.82, 2.24) is 5.32 Å². The SMILES string of the molecule is COC(CN)CC(=O)NC(C)CC(O)c1ccc(F)cc1. The van der Waals surface area contributed by atoms with Crippen LogP contribution in [0, 0.1) is 5.82 Å². The Morgan fingerprint density at radius 2 is 2.05 bits per heavy atom. The largest absolute Gasteiger partial charge is 0.388 e. The summed E-state index contributed by atoms with van der Waals surface area (Å²) < 4.78 is 17.9. The predicted octanol–water partition coefficient (Wildman–Crippen LogP) is 1.12. The molecule has 1 aromatic carbocycles. The molecular formula is C15H23FN2O3. The van der Waals surface area contributed by atoms with Crippen LogP contribution in [0.15, 0.2) is 24.3 Å². The summed E-state index contributed by atoms with van der Waals surface area (Å²) in [6, 6.07) is 5.44. The van der Waals surface area contributed by atoms with E-state index in [1.165, 1.54) is 31.4 Å². The molecule has 0 aromatic heterocycles. The van der Waals surface area contributed by atoms with Crippen LogP contribution in [0.1, 0.15) is 31.4 Å². The number of hydrogen-bond donors (Lipinski definition) is 3. The molecule has 4 N–H and O–H groups in total. The molecule has 1 rings (SSSR count). The van der Waals surface area contributed by atoms with E-state index in [-0.39, 0.29) is 36.8 Å². The minimum absolute atomic E-state index is 0.175. The van der Waals surface area contributed by atoms with E-state index >= 15 is 0 Å². The molecule has 0 aliphatic rings. The maximum atomic E-state index is 12.8. The van der Waals surface area contributed by atoms with Crippen LogP contribution in [0.5, 0.6) is 0 Å². The number of carbonyl (C=O) groups is 1. The van der Waals surface area contributed by atoms with Crippen LogP contribution in [-0.4, -0.2) is 36.8 Å². The zero-order valence-corrected chi connectivity index (χ0v) is 12.4. The number of ether oxygens (including phenoxy) is 1. The van der Waals surface area contributed by atoms with E-state index in [9.17, 15) is 14.3 Å². The Kier molecular flexibility index (Phi) is 7.28. The monoisotopic (exact) mass is 298 g/mol. The van der Waals surface area contributed by atoms with Gasteiger partial charge >= 0.3 is 0 Å². The Hall–Kier alpha value is -1.50. The number of halogens is 1. The first-order chi connectivity index (χ1) is 9.96. The molecule has 0 spiro atoms. The zero-order valence-electron chi connectivity index (χ0n) is 12.4. The molecule has 6 heteroatoms. The molecule has 1 amide bonds. The second kappa shape index (κ2) is 8.71. The van der Waals surface area contributed by atoms with Gasteiger partial charge in [0.2, 0.25) is 5.91 Å². The first-order valence-electron chi connectivity index (χ1n) is 6.92. The second-order valence-electron chi connectivity index (χ2n) is 5.07.